The van der Waals surface area contributed by atoms with Gasteiger partial charge in [-0.15, -0.1) is 0 Å². The fourth-order valence-corrected chi connectivity index (χ4v) is 2.50. The van der Waals surface area contributed by atoms with E-state index >= 15 is 0 Å². The Morgan fingerprint density at radius 3 is 2.42 bits per heavy atom. The number of benzene rings is 2. The molecular weight excluding hydrogens is 447 g/mol. The smallest absolute Gasteiger partial charge is 0.391 e. The molecule has 0 aliphatic rings. The molecule has 1 heterocycles. The van der Waals surface area contributed by atoms with Gasteiger partial charge in [-0.1, -0.05) is 22.4 Å². The van der Waals surface area contributed by atoms with Gasteiger partial charge in [0, 0.05) is 23.3 Å². The maximum absolute atomic E-state index is 12.6. The molecule has 13 heteroatoms. The number of carbonyl (C=O) groups excluding carboxylic acids is 1. The third-order valence-electron chi connectivity index (χ3n) is 4.18. The Labute approximate surface area is 184 Å². The average Bonchev–Trinajstić information content (AvgIpc) is 3.29. The monoisotopic (exact) mass is 463 g/mol. The number of aromatic nitrogens is 2. The van der Waals surface area contributed by atoms with Crippen LogP contribution in [-0.4, -0.2) is 33.2 Å². The summed E-state index contributed by atoms with van der Waals surface area (Å²) in [4.78, 5) is 30.8. The average molecular weight is 463 g/mol. The standard InChI is InChI=1S/C20H16F3N5O5/c1-12(26-32-11-13-2-8-16(9-3-13)28(30)31)10-24-18(29)15-6-4-14(5-7-15)17-25-19(33-27-17)20(21,22)23/h2-9H,10-11H2,1H3,(H,24,29). The first kappa shape index (κ1) is 23.4. The predicted octanol–water partition coefficient (Wildman–Crippen LogP) is 3.99. The van der Waals surface area contributed by atoms with Gasteiger partial charge in [-0.25, -0.2) is 0 Å². The second kappa shape index (κ2) is 9.89. The van der Waals surface area contributed by atoms with Gasteiger partial charge in [-0.2, -0.15) is 18.2 Å². The second-order valence-corrected chi connectivity index (χ2v) is 6.70. The van der Waals surface area contributed by atoms with Crippen molar-refractivity contribution in [3.63, 3.8) is 0 Å². The highest BCUT2D eigenvalue weighted by molar-refractivity contribution is 5.97. The van der Waals surface area contributed by atoms with Gasteiger partial charge in [0.1, 0.15) is 6.61 Å². The van der Waals surface area contributed by atoms with Crippen molar-refractivity contribution in [2.75, 3.05) is 6.54 Å². The first-order valence-electron chi connectivity index (χ1n) is 9.32. The Hall–Kier alpha value is -4.29. The van der Waals surface area contributed by atoms with Crippen LogP contribution < -0.4 is 5.32 Å². The SMILES string of the molecule is CC(CNC(=O)c1ccc(-c2noc(C(F)(F)F)n2)cc1)=NOCc1ccc([N+](=O)[O-])cc1. The lowest BCUT2D eigenvalue weighted by Gasteiger charge is -2.06. The highest BCUT2D eigenvalue weighted by Crippen LogP contribution is 2.29. The van der Waals surface area contributed by atoms with E-state index in [1.165, 1.54) is 36.4 Å². The van der Waals surface area contributed by atoms with Crippen LogP contribution in [0.25, 0.3) is 11.4 Å². The maximum atomic E-state index is 12.6. The van der Waals surface area contributed by atoms with Crippen LogP contribution in [0, 0.1) is 10.1 Å². The molecule has 0 spiro atoms. The molecule has 0 aliphatic carbocycles. The normalized spacial score (nSPS) is 11.8. The van der Waals surface area contributed by atoms with Crippen molar-refractivity contribution in [3.8, 4) is 11.4 Å². The summed E-state index contributed by atoms with van der Waals surface area (Å²) in [6.45, 7) is 1.81. The van der Waals surface area contributed by atoms with Crippen LogP contribution in [0.5, 0.6) is 0 Å². The summed E-state index contributed by atoms with van der Waals surface area (Å²) in [5.41, 5.74) is 1.64. The maximum Gasteiger partial charge on any atom is 0.471 e. The summed E-state index contributed by atoms with van der Waals surface area (Å²) in [7, 11) is 0. The number of alkyl halides is 3. The van der Waals surface area contributed by atoms with E-state index in [2.05, 4.69) is 25.1 Å². The minimum absolute atomic E-state index is 0.0301. The van der Waals surface area contributed by atoms with E-state index in [-0.39, 0.29) is 35.8 Å². The van der Waals surface area contributed by atoms with Crippen LogP contribution in [-0.2, 0) is 17.6 Å². The zero-order chi connectivity index (χ0) is 24.0. The molecule has 33 heavy (non-hydrogen) atoms. The number of non-ortho nitro benzene ring substituents is 1. The quantitative estimate of drug-likeness (QED) is 0.303. The molecule has 1 aromatic heterocycles. The van der Waals surface area contributed by atoms with E-state index in [0.717, 1.165) is 0 Å². The molecular formula is C20H16F3N5O5. The van der Waals surface area contributed by atoms with Crippen molar-refractivity contribution in [2.24, 2.45) is 5.16 Å². The molecule has 0 radical (unpaired) electrons. The number of hydrogen-bond donors (Lipinski definition) is 1. The molecule has 3 rings (SSSR count). The number of oxime groups is 1. The number of nitro benzene ring substituents is 1. The topological polar surface area (TPSA) is 133 Å². The number of amides is 1. The molecule has 0 fully saturated rings. The van der Waals surface area contributed by atoms with E-state index in [1.807, 2.05) is 0 Å². The number of carbonyl (C=O) groups is 1. The zero-order valence-electron chi connectivity index (χ0n) is 17.0. The van der Waals surface area contributed by atoms with Gasteiger partial charge in [-0.05, 0) is 36.8 Å². The first-order valence-corrected chi connectivity index (χ1v) is 9.32. The Bertz CT molecular complexity index is 1160. The van der Waals surface area contributed by atoms with E-state index in [9.17, 15) is 28.1 Å². The van der Waals surface area contributed by atoms with Crippen LogP contribution in [0.15, 0.2) is 58.2 Å². The fourth-order valence-electron chi connectivity index (χ4n) is 2.50. The molecule has 1 N–H and O–H groups in total. The molecule has 0 atom stereocenters. The van der Waals surface area contributed by atoms with Crippen LogP contribution in [0.3, 0.4) is 0 Å². The lowest BCUT2D eigenvalue weighted by Crippen LogP contribution is -2.28. The Morgan fingerprint density at radius 1 is 1.18 bits per heavy atom. The first-order chi connectivity index (χ1) is 15.6. The molecule has 0 bridgehead atoms. The van der Waals surface area contributed by atoms with Crippen molar-refractivity contribution >= 4 is 17.3 Å². The number of hydrogen-bond acceptors (Lipinski definition) is 8. The number of nitrogens with one attached hydrogen (secondary N) is 1. The summed E-state index contributed by atoms with van der Waals surface area (Å²) in [5.74, 6) is -2.14. The van der Waals surface area contributed by atoms with Gasteiger partial charge in [0.05, 0.1) is 17.2 Å². The third kappa shape index (κ3) is 6.35. The van der Waals surface area contributed by atoms with E-state index in [4.69, 9.17) is 4.84 Å². The highest BCUT2D eigenvalue weighted by Gasteiger charge is 2.38. The molecule has 2 aromatic carbocycles. The van der Waals surface area contributed by atoms with Crippen LogP contribution in [0.2, 0.25) is 0 Å². The molecule has 172 valence electrons. The summed E-state index contributed by atoms with van der Waals surface area (Å²) in [6, 6.07) is 11.4. The van der Waals surface area contributed by atoms with Crippen LogP contribution in [0.4, 0.5) is 18.9 Å². The molecule has 0 saturated carbocycles. The largest absolute Gasteiger partial charge is 0.471 e. The Kier molecular flexibility index (Phi) is 7.00. The fraction of sp³-hybridized carbons (Fsp3) is 0.200. The molecule has 3 aromatic rings. The molecule has 10 nitrogen and oxygen atoms in total. The number of rotatable bonds is 8. The number of nitro groups is 1. The van der Waals surface area contributed by atoms with Crippen molar-refractivity contribution in [2.45, 2.75) is 19.7 Å². The summed E-state index contributed by atoms with van der Waals surface area (Å²) in [6.07, 6.45) is -4.74. The molecule has 0 aliphatic heterocycles. The van der Waals surface area contributed by atoms with E-state index in [1.54, 1.807) is 19.1 Å². The van der Waals surface area contributed by atoms with Gasteiger partial charge in [0.25, 0.3) is 11.6 Å². The predicted molar refractivity (Wildman–Crippen MR) is 108 cm³/mol. The minimum atomic E-state index is -4.74. The van der Waals surface area contributed by atoms with Crippen molar-refractivity contribution < 1.29 is 32.2 Å². The van der Waals surface area contributed by atoms with Gasteiger partial charge in [0.2, 0.25) is 5.82 Å². The van der Waals surface area contributed by atoms with Gasteiger partial charge in [-0.3, -0.25) is 14.9 Å². The van der Waals surface area contributed by atoms with Crippen molar-refractivity contribution in [1.29, 1.82) is 0 Å². The van der Waals surface area contributed by atoms with Gasteiger partial charge in [0.15, 0.2) is 0 Å². The van der Waals surface area contributed by atoms with Crippen molar-refractivity contribution in [1.82, 2.24) is 15.5 Å². The lowest BCUT2D eigenvalue weighted by atomic mass is 10.1. The molecule has 1 amide bonds. The number of halogens is 3. The van der Waals surface area contributed by atoms with E-state index < -0.39 is 22.9 Å². The Balaban J connectivity index is 1.49. The summed E-state index contributed by atoms with van der Waals surface area (Å²) < 4.78 is 41.8. The lowest BCUT2D eigenvalue weighted by molar-refractivity contribution is -0.384. The Morgan fingerprint density at radius 2 is 1.85 bits per heavy atom. The van der Waals surface area contributed by atoms with Crippen LogP contribution >= 0.6 is 0 Å². The number of nitrogens with zero attached hydrogens (tertiary/aromatic N) is 4. The van der Waals surface area contributed by atoms with E-state index in [0.29, 0.717) is 11.3 Å². The van der Waals surface area contributed by atoms with Crippen molar-refractivity contribution in [3.05, 3.63) is 75.7 Å². The summed E-state index contributed by atoms with van der Waals surface area (Å²) in [5, 5.41) is 20.4. The van der Waals surface area contributed by atoms with Gasteiger partial charge < -0.3 is 14.7 Å². The highest BCUT2D eigenvalue weighted by atomic mass is 19.4. The molecule has 0 saturated heterocycles. The minimum Gasteiger partial charge on any atom is -0.391 e. The molecule has 0 unspecified atom stereocenters. The van der Waals surface area contributed by atoms with Crippen LogP contribution in [0.1, 0.15) is 28.7 Å². The van der Waals surface area contributed by atoms with Gasteiger partial charge >= 0.3 is 12.1 Å². The third-order valence-corrected chi connectivity index (χ3v) is 4.18. The second-order valence-electron chi connectivity index (χ2n) is 6.70. The zero-order valence-corrected chi connectivity index (χ0v) is 17.0. The summed E-state index contributed by atoms with van der Waals surface area (Å²) >= 11 is 0.